The maximum atomic E-state index is 10.8. The van der Waals surface area contributed by atoms with Gasteiger partial charge in [0.15, 0.2) is 0 Å². The fraction of sp³-hybridized carbons (Fsp3) is 0.533. The van der Waals surface area contributed by atoms with E-state index in [2.05, 4.69) is 35.2 Å². The van der Waals surface area contributed by atoms with E-state index in [1.807, 2.05) is 0 Å². The molecule has 0 saturated carbocycles. The number of piperidine rings is 1. The third-order valence-electron chi connectivity index (χ3n) is 3.77. The second-order valence-corrected chi connectivity index (χ2v) is 5.21. The molecule has 1 heterocycles. The number of carbonyl (C=O) groups is 1. The van der Waals surface area contributed by atoms with Gasteiger partial charge in [0.25, 0.3) is 0 Å². The van der Waals surface area contributed by atoms with Crippen molar-refractivity contribution >= 4 is 5.91 Å². The molecule has 0 radical (unpaired) electrons. The lowest BCUT2D eigenvalue weighted by molar-refractivity contribution is -0.119. The van der Waals surface area contributed by atoms with E-state index in [4.69, 9.17) is 5.73 Å². The lowest BCUT2D eigenvalue weighted by atomic mass is 9.90. The molecular weight excluding hydrogens is 224 g/mol. The number of primary amides is 1. The summed E-state index contributed by atoms with van der Waals surface area (Å²) in [4.78, 5) is 13.0. The molecule has 18 heavy (non-hydrogen) atoms. The number of nitrogens with zero attached hydrogens (tertiary/aromatic N) is 1. The Labute approximate surface area is 109 Å². The van der Waals surface area contributed by atoms with Crippen molar-refractivity contribution in [2.45, 2.75) is 25.7 Å². The normalized spacial score (nSPS) is 17.8. The van der Waals surface area contributed by atoms with Gasteiger partial charge in [-0.3, -0.25) is 9.69 Å². The minimum atomic E-state index is -0.210. The van der Waals surface area contributed by atoms with Crippen molar-refractivity contribution in [2.75, 3.05) is 19.6 Å². The van der Waals surface area contributed by atoms with E-state index in [0.717, 1.165) is 19.0 Å². The van der Waals surface area contributed by atoms with Gasteiger partial charge in [-0.1, -0.05) is 30.3 Å². The number of hydrogen-bond acceptors (Lipinski definition) is 2. The molecule has 1 aliphatic heterocycles. The van der Waals surface area contributed by atoms with Crippen LogP contribution in [-0.2, 0) is 11.2 Å². The van der Waals surface area contributed by atoms with Crippen LogP contribution in [0.25, 0.3) is 0 Å². The third kappa shape index (κ3) is 4.15. The summed E-state index contributed by atoms with van der Waals surface area (Å²) in [6, 6.07) is 10.7. The number of nitrogens with two attached hydrogens (primary N) is 1. The highest BCUT2D eigenvalue weighted by Crippen LogP contribution is 2.22. The molecule has 1 aliphatic rings. The molecule has 1 saturated heterocycles. The van der Waals surface area contributed by atoms with Gasteiger partial charge in [0.1, 0.15) is 0 Å². The molecule has 0 unspecified atom stereocenters. The van der Waals surface area contributed by atoms with Gasteiger partial charge in [0.2, 0.25) is 5.91 Å². The Morgan fingerprint density at radius 2 is 1.89 bits per heavy atom. The molecule has 2 N–H and O–H groups in total. The van der Waals surface area contributed by atoms with Crippen molar-refractivity contribution in [2.24, 2.45) is 11.7 Å². The maximum Gasteiger partial charge on any atom is 0.231 e. The van der Waals surface area contributed by atoms with Crippen molar-refractivity contribution in [3.8, 4) is 0 Å². The fourth-order valence-corrected chi connectivity index (χ4v) is 2.67. The summed E-state index contributed by atoms with van der Waals surface area (Å²) in [5.41, 5.74) is 6.64. The van der Waals surface area contributed by atoms with Crippen LogP contribution in [0.5, 0.6) is 0 Å². The molecule has 1 aromatic carbocycles. The minimum absolute atomic E-state index is 0.210. The molecule has 1 amide bonds. The van der Waals surface area contributed by atoms with Crippen molar-refractivity contribution in [1.29, 1.82) is 0 Å². The highest BCUT2D eigenvalue weighted by molar-refractivity contribution is 5.75. The van der Waals surface area contributed by atoms with Crippen molar-refractivity contribution in [3.05, 3.63) is 35.9 Å². The quantitative estimate of drug-likeness (QED) is 0.861. The van der Waals surface area contributed by atoms with Gasteiger partial charge in [-0.05, 0) is 50.3 Å². The fourth-order valence-electron chi connectivity index (χ4n) is 2.67. The van der Waals surface area contributed by atoms with Crippen molar-refractivity contribution in [1.82, 2.24) is 4.90 Å². The van der Waals surface area contributed by atoms with Crippen LogP contribution in [0, 0.1) is 5.92 Å². The van der Waals surface area contributed by atoms with Crippen LogP contribution < -0.4 is 5.73 Å². The maximum absolute atomic E-state index is 10.8. The van der Waals surface area contributed by atoms with E-state index >= 15 is 0 Å². The second kappa shape index (κ2) is 6.55. The Kier molecular flexibility index (Phi) is 4.76. The first-order valence-corrected chi connectivity index (χ1v) is 6.78. The van der Waals surface area contributed by atoms with E-state index in [1.54, 1.807) is 0 Å². The van der Waals surface area contributed by atoms with Gasteiger partial charge in [-0.15, -0.1) is 0 Å². The van der Waals surface area contributed by atoms with Crippen molar-refractivity contribution < 1.29 is 4.79 Å². The number of amides is 1. The first-order chi connectivity index (χ1) is 8.74. The highest BCUT2D eigenvalue weighted by Gasteiger charge is 2.19. The third-order valence-corrected chi connectivity index (χ3v) is 3.77. The SMILES string of the molecule is NC(=O)CN1CCC(CCc2ccccc2)CC1. The smallest absolute Gasteiger partial charge is 0.231 e. The number of hydrogen-bond donors (Lipinski definition) is 1. The molecular formula is C15H22N2O. The van der Waals surface area contributed by atoms with Crippen LogP contribution in [-0.4, -0.2) is 30.4 Å². The van der Waals surface area contributed by atoms with Gasteiger partial charge >= 0.3 is 0 Å². The number of aryl methyl sites for hydroxylation is 1. The van der Waals surface area contributed by atoms with Crippen LogP contribution in [0.2, 0.25) is 0 Å². The number of rotatable bonds is 5. The van der Waals surface area contributed by atoms with Crippen LogP contribution in [0.1, 0.15) is 24.8 Å². The average molecular weight is 246 g/mol. The Hall–Kier alpha value is -1.35. The first kappa shape index (κ1) is 13.1. The molecule has 2 rings (SSSR count). The summed E-state index contributed by atoms with van der Waals surface area (Å²) in [6.07, 6.45) is 4.82. The molecule has 0 bridgehead atoms. The summed E-state index contributed by atoms with van der Waals surface area (Å²) in [6.45, 7) is 2.45. The van der Waals surface area contributed by atoms with Crippen LogP contribution in [0.4, 0.5) is 0 Å². The van der Waals surface area contributed by atoms with Crippen LogP contribution in [0.3, 0.4) is 0 Å². The highest BCUT2D eigenvalue weighted by atomic mass is 16.1. The molecule has 1 fully saturated rings. The van der Waals surface area contributed by atoms with Gasteiger partial charge in [-0.25, -0.2) is 0 Å². The summed E-state index contributed by atoms with van der Waals surface area (Å²) < 4.78 is 0. The molecule has 0 atom stereocenters. The standard InChI is InChI=1S/C15H22N2O/c16-15(18)12-17-10-8-14(9-11-17)7-6-13-4-2-1-3-5-13/h1-5,14H,6-12H2,(H2,16,18). The average Bonchev–Trinajstić information content (AvgIpc) is 2.38. The number of carbonyl (C=O) groups excluding carboxylic acids is 1. The van der Waals surface area contributed by atoms with Gasteiger partial charge in [0.05, 0.1) is 6.54 Å². The van der Waals surface area contributed by atoms with E-state index in [0.29, 0.717) is 6.54 Å². The Morgan fingerprint density at radius 1 is 1.22 bits per heavy atom. The summed E-state index contributed by atoms with van der Waals surface area (Å²) in [7, 11) is 0. The lowest BCUT2D eigenvalue weighted by Gasteiger charge is -2.31. The zero-order valence-corrected chi connectivity index (χ0v) is 10.8. The van der Waals surface area contributed by atoms with Crippen molar-refractivity contribution in [3.63, 3.8) is 0 Å². The summed E-state index contributed by atoms with van der Waals surface area (Å²) in [5.74, 6) is 0.590. The molecule has 3 heteroatoms. The van der Waals surface area contributed by atoms with E-state index in [9.17, 15) is 4.79 Å². The predicted molar refractivity (Wildman–Crippen MR) is 73.1 cm³/mol. The Balaban J connectivity index is 1.69. The topological polar surface area (TPSA) is 46.3 Å². The Bertz CT molecular complexity index is 369. The predicted octanol–water partition coefficient (Wildman–Crippen LogP) is 1.82. The minimum Gasteiger partial charge on any atom is -0.369 e. The lowest BCUT2D eigenvalue weighted by Crippen LogP contribution is -2.39. The Morgan fingerprint density at radius 3 is 2.50 bits per heavy atom. The zero-order valence-electron chi connectivity index (χ0n) is 10.8. The van der Waals surface area contributed by atoms with Crippen LogP contribution >= 0.6 is 0 Å². The molecule has 0 aromatic heterocycles. The molecule has 3 nitrogen and oxygen atoms in total. The molecule has 98 valence electrons. The molecule has 0 spiro atoms. The zero-order chi connectivity index (χ0) is 12.8. The van der Waals surface area contributed by atoms with E-state index in [-0.39, 0.29) is 5.91 Å². The first-order valence-electron chi connectivity index (χ1n) is 6.78. The van der Waals surface area contributed by atoms with E-state index < -0.39 is 0 Å². The largest absolute Gasteiger partial charge is 0.369 e. The molecule has 0 aliphatic carbocycles. The summed E-state index contributed by atoms with van der Waals surface area (Å²) in [5, 5.41) is 0. The van der Waals surface area contributed by atoms with Crippen LogP contribution in [0.15, 0.2) is 30.3 Å². The molecule has 1 aromatic rings. The second-order valence-electron chi connectivity index (χ2n) is 5.21. The van der Waals surface area contributed by atoms with Gasteiger partial charge < -0.3 is 5.73 Å². The van der Waals surface area contributed by atoms with Gasteiger partial charge in [-0.2, -0.15) is 0 Å². The monoisotopic (exact) mass is 246 g/mol. The van der Waals surface area contributed by atoms with E-state index in [1.165, 1.54) is 31.2 Å². The number of likely N-dealkylation sites (tertiary alicyclic amines) is 1. The van der Waals surface area contributed by atoms with Gasteiger partial charge in [0, 0.05) is 0 Å². The summed E-state index contributed by atoms with van der Waals surface area (Å²) >= 11 is 0. The number of benzene rings is 1.